The topological polar surface area (TPSA) is 8.17 Å². The Bertz CT molecular complexity index is 860. The minimum absolute atomic E-state index is 0.318. The minimum Gasteiger partial charge on any atom is -0.350 e. The zero-order chi connectivity index (χ0) is 17.9. The first-order valence-corrected chi connectivity index (χ1v) is 9.78. The Kier molecular flexibility index (Phi) is 4.94. The molecule has 4 rings (SSSR count). The zero-order valence-electron chi connectivity index (χ0n) is 15.9. The van der Waals surface area contributed by atoms with Crippen molar-refractivity contribution in [3.8, 4) is 0 Å². The van der Waals surface area contributed by atoms with Gasteiger partial charge in [-0.05, 0) is 54.2 Å². The number of aryl methyl sites for hydroxylation is 3. The molecule has 0 bridgehead atoms. The maximum absolute atomic E-state index is 2.65. The SMILES string of the molecule is CCc1ccc(C2c3cccn3CCCN2Cc2ccccc2C)cc1. The number of rotatable bonds is 4. The van der Waals surface area contributed by atoms with E-state index in [0.29, 0.717) is 6.04 Å². The second-order valence-electron chi connectivity index (χ2n) is 7.37. The van der Waals surface area contributed by atoms with E-state index in [9.17, 15) is 0 Å². The number of aromatic nitrogens is 1. The summed E-state index contributed by atoms with van der Waals surface area (Å²) in [5.74, 6) is 0. The predicted octanol–water partition coefficient (Wildman–Crippen LogP) is 5.35. The van der Waals surface area contributed by atoms with Gasteiger partial charge in [0.2, 0.25) is 0 Å². The molecule has 1 aliphatic rings. The van der Waals surface area contributed by atoms with Crippen molar-refractivity contribution in [2.24, 2.45) is 0 Å². The third-order valence-electron chi connectivity index (χ3n) is 5.69. The molecule has 0 spiro atoms. The second kappa shape index (κ2) is 7.51. The van der Waals surface area contributed by atoms with Gasteiger partial charge in [-0.1, -0.05) is 55.5 Å². The van der Waals surface area contributed by atoms with Crippen LogP contribution >= 0.6 is 0 Å². The number of hydrogen-bond donors (Lipinski definition) is 0. The van der Waals surface area contributed by atoms with Crippen LogP contribution in [0.1, 0.15) is 47.3 Å². The summed E-state index contributed by atoms with van der Waals surface area (Å²) in [4.78, 5) is 2.65. The van der Waals surface area contributed by atoms with Crippen molar-refractivity contribution in [2.45, 2.75) is 45.8 Å². The molecule has 3 aromatic rings. The van der Waals surface area contributed by atoms with Gasteiger partial charge in [-0.2, -0.15) is 0 Å². The van der Waals surface area contributed by atoms with Gasteiger partial charge < -0.3 is 4.57 Å². The van der Waals surface area contributed by atoms with E-state index >= 15 is 0 Å². The number of fused-ring (bicyclic) bond motifs is 1. The van der Waals surface area contributed by atoms with Crippen LogP contribution in [0.4, 0.5) is 0 Å². The Balaban J connectivity index is 1.74. The molecule has 2 heteroatoms. The van der Waals surface area contributed by atoms with Gasteiger partial charge in [-0.3, -0.25) is 4.90 Å². The van der Waals surface area contributed by atoms with E-state index in [-0.39, 0.29) is 0 Å². The summed E-state index contributed by atoms with van der Waals surface area (Å²) < 4.78 is 2.44. The van der Waals surface area contributed by atoms with Crippen LogP contribution in [0, 0.1) is 6.92 Å². The minimum atomic E-state index is 0.318. The number of benzene rings is 2. The fourth-order valence-electron chi connectivity index (χ4n) is 4.13. The molecule has 1 atom stereocenters. The van der Waals surface area contributed by atoms with Crippen LogP contribution in [-0.2, 0) is 19.5 Å². The maximum atomic E-state index is 2.65. The Hall–Kier alpha value is -2.32. The summed E-state index contributed by atoms with van der Waals surface area (Å²) in [7, 11) is 0. The highest BCUT2D eigenvalue weighted by atomic mass is 15.2. The van der Waals surface area contributed by atoms with Gasteiger partial charge in [0.15, 0.2) is 0 Å². The van der Waals surface area contributed by atoms with Crippen LogP contribution in [0.5, 0.6) is 0 Å². The van der Waals surface area contributed by atoms with E-state index < -0.39 is 0 Å². The first kappa shape index (κ1) is 17.1. The monoisotopic (exact) mass is 344 g/mol. The Labute approximate surface area is 157 Å². The van der Waals surface area contributed by atoms with Crippen LogP contribution in [-0.4, -0.2) is 16.0 Å². The Morgan fingerprint density at radius 2 is 1.73 bits per heavy atom. The number of hydrogen-bond acceptors (Lipinski definition) is 1. The molecule has 1 aromatic heterocycles. The summed E-state index contributed by atoms with van der Waals surface area (Å²) in [5, 5.41) is 0. The van der Waals surface area contributed by atoms with Gasteiger partial charge in [0.05, 0.1) is 6.04 Å². The largest absolute Gasteiger partial charge is 0.350 e. The van der Waals surface area contributed by atoms with E-state index in [1.807, 2.05) is 0 Å². The van der Waals surface area contributed by atoms with Gasteiger partial charge >= 0.3 is 0 Å². The lowest BCUT2D eigenvalue weighted by atomic mass is 9.98. The standard InChI is InChI=1S/C24H28N2/c1-3-20-11-13-21(14-12-20)24-23-10-6-15-25(23)16-7-17-26(24)18-22-9-5-4-8-19(22)2/h4-6,8-15,24H,3,7,16-18H2,1-2H3. The van der Waals surface area contributed by atoms with Gasteiger partial charge in [-0.15, -0.1) is 0 Å². The molecule has 2 nitrogen and oxygen atoms in total. The average Bonchev–Trinajstić information content (AvgIpc) is 3.05. The molecule has 0 N–H and O–H groups in total. The van der Waals surface area contributed by atoms with Crippen LogP contribution in [0.2, 0.25) is 0 Å². The van der Waals surface area contributed by atoms with Crippen molar-refractivity contribution in [1.29, 1.82) is 0 Å². The highest BCUT2D eigenvalue weighted by Crippen LogP contribution is 2.33. The lowest BCUT2D eigenvalue weighted by molar-refractivity contribution is 0.220. The third-order valence-corrected chi connectivity index (χ3v) is 5.69. The van der Waals surface area contributed by atoms with Crippen molar-refractivity contribution in [3.63, 3.8) is 0 Å². The van der Waals surface area contributed by atoms with E-state index in [2.05, 4.69) is 90.2 Å². The molecule has 1 aliphatic heterocycles. The second-order valence-corrected chi connectivity index (χ2v) is 7.37. The summed E-state index contributed by atoms with van der Waals surface area (Å²) in [5.41, 5.74) is 7.04. The van der Waals surface area contributed by atoms with Crippen molar-refractivity contribution in [2.75, 3.05) is 6.54 Å². The fraction of sp³-hybridized carbons (Fsp3) is 0.333. The van der Waals surface area contributed by atoms with Crippen molar-refractivity contribution in [3.05, 3.63) is 94.8 Å². The average molecular weight is 345 g/mol. The first-order chi connectivity index (χ1) is 12.8. The molecule has 0 saturated heterocycles. The molecule has 0 saturated carbocycles. The van der Waals surface area contributed by atoms with Crippen LogP contribution in [0.25, 0.3) is 0 Å². The summed E-state index contributed by atoms with van der Waals surface area (Å²) >= 11 is 0. The third kappa shape index (κ3) is 3.34. The lowest BCUT2D eigenvalue weighted by Crippen LogP contribution is -2.29. The maximum Gasteiger partial charge on any atom is 0.0759 e. The quantitative estimate of drug-likeness (QED) is 0.619. The Morgan fingerprint density at radius 1 is 0.923 bits per heavy atom. The van der Waals surface area contributed by atoms with Crippen molar-refractivity contribution >= 4 is 0 Å². The van der Waals surface area contributed by atoms with E-state index in [1.54, 1.807) is 0 Å². The van der Waals surface area contributed by atoms with Crippen LogP contribution in [0.3, 0.4) is 0 Å². The summed E-state index contributed by atoms with van der Waals surface area (Å²) in [6.07, 6.45) is 4.52. The van der Waals surface area contributed by atoms with Gasteiger partial charge in [0, 0.05) is 31.5 Å². The smallest absolute Gasteiger partial charge is 0.0759 e. The molecule has 0 fully saturated rings. The van der Waals surface area contributed by atoms with E-state index in [4.69, 9.17) is 0 Å². The molecular weight excluding hydrogens is 316 g/mol. The molecule has 0 aliphatic carbocycles. The van der Waals surface area contributed by atoms with Gasteiger partial charge in [0.25, 0.3) is 0 Å². The molecule has 1 unspecified atom stereocenters. The molecule has 2 heterocycles. The molecule has 26 heavy (non-hydrogen) atoms. The summed E-state index contributed by atoms with van der Waals surface area (Å²) in [6.45, 7) is 7.67. The predicted molar refractivity (Wildman–Crippen MR) is 108 cm³/mol. The molecule has 134 valence electrons. The highest BCUT2D eigenvalue weighted by molar-refractivity contribution is 5.33. The molecular formula is C24H28N2. The first-order valence-electron chi connectivity index (χ1n) is 9.78. The molecule has 0 radical (unpaired) electrons. The van der Waals surface area contributed by atoms with Crippen molar-refractivity contribution < 1.29 is 0 Å². The number of nitrogens with zero attached hydrogens (tertiary/aromatic N) is 2. The highest BCUT2D eigenvalue weighted by Gasteiger charge is 2.27. The fourth-order valence-corrected chi connectivity index (χ4v) is 4.13. The van der Waals surface area contributed by atoms with Crippen LogP contribution in [0.15, 0.2) is 66.9 Å². The Morgan fingerprint density at radius 3 is 2.50 bits per heavy atom. The molecule has 0 amide bonds. The van der Waals surface area contributed by atoms with E-state index in [1.165, 1.54) is 34.4 Å². The van der Waals surface area contributed by atoms with Crippen LogP contribution < -0.4 is 0 Å². The normalized spacial score (nSPS) is 17.7. The lowest BCUT2D eigenvalue weighted by Gasteiger charge is -2.31. The van der Waals surface area contributed by atoms with Gasteiger partial charge in [0.1, 0.15) is 0 Å². The van der Waals surface area contributed by atoms with Gasteiger partial charge in [-0.25, -0.2) is 0 Å². The zero-order valence-corrected chi connectivity index (χ0v) is 15.9. The summed E-state index contributed by atoms with van der Waals surface area (Å²) in [6, 6.07) is 22.8. The van der Waals surface area contributed by atoms with Crippen molar-refractivity contribution in [1.82, 2.24) is 9.47 Å². The molecule has 2 aromatic carbocycles. The van der Waals surface area contributed by atoms with E-state index in [0.717, 1.165) is 26.1 Å².